The van der Waals surface area contributed by atoms with Gasteiger partial charge in [-0.2, -0.15) is 11.8 Å². The Morgan fingerprint density at radius 3 is 1.78 bits per heavy atom. The van der Waals surface area contributed by atoms with Gasteiger partial charge in [0.2, 0.25) is 0 Å². The van der Waals surface area contributed by atoms with E-state index in [0.717, 1.165) is 28.9 Å². The third-order valence-electron chi connectivity index (χ3n) is 4.79. The van der Waals surface area contributed by atoms with Gasteiger partial charge in [0.25, 0.3) is 0 Å². The predicted molar refractivity (Wildman–Crippen MR) is 88.4 cm³/mol. The highest BCUT2D eigenvalue weighted by Gasteiger charge is 2.23. The second-order valence-corrected chi connectivity index (χ2v) is 7.30. The summed E-state index contributed by atoms with van der Waals surface area (Å²) in [4.78, 5) is 0. The van der Waals surface area contributed by atoms with Gasteiger partial charge in [0.1, 0.15) is 0 Å². The fourth-order valence-electron chi connectivity index (χ4n) is 3.53. The summed E-state index contributed by atoms with van der Waals surface area (Å²) in [5.74, 6) is 3.59. The summed E-state index contributed by atoms with van der Waals surface area (Å²) >= 11 is 2.06. The Bertz CT molecular complexity index is 184. The zero-order valence-corrected chi connectivity index (χ0v) is 14.6. The van der Waals surface area contributed by atoms with Crippen LogP contribution >= 0.6 is 11.8 Å². The molecule has 0 nitrogen and oxygen atoms in total. The lowest BCUT2D eigenvalue weighted by atomic mass is 9.76. The van der Waals surface area contributed by atoms with E-state index in [2.05, 4.69) is 59.6 Å². The molecular weight excluding hydrogens is 236 g/mol. The summed E-state index contributed by atoms with van der Waals surface area (Å²) in [5.41, 5.74) is 0. The molecule has 0 radical (unpaired) electrons. The molecule has 0 aliphatic heterocycles. The van der Waals surface area contributed by atoms with Crippen LogP contribution in [0.2, 0.25) is 0 Å². The molecule has 4 atom stereocenters. The second kappa shape index (κ2) is 10.2. The monoisotopic (exact) mass is 272 g/mol. The molecule has 0 spiro atoms. The Kier molecular flexibility index (Phi) is 10.4. The minimum atomic E-state index is 0.845. The Hall–Kier alpha value is 0.350. The maximum Gasteiger partial charge on any atom is 0.00672 e. The minimum absolute atomic E-state index is 0.845. The summed E-state index contributed by atoms with van der Waals surface area (Å²) < 4.78 is 0. The molecular formula is C17H36S. The van der Waals surface area contributed by atoms with Crippen LogP contribution in [0.3, 0.4) is 0 Å². The van der Waals surface area contributed by atoms with E-state index in [4.69, 9.17) is 0 Å². The van der Waals surface area contributed by atoms with Gasteiger partial charge in [0.15, 0.2) is 0 Å². The SMILES string of the molecule is CCC(CCC(C)C(CC)SC)C(CC)C(C)C. The van der Waals surface area contributed by atoms with Crippen molar-refractivity contribution in [1.29, 1.82) is 0 Å². The largest absolute Gasteiger partial charge is 0.162 e. The third kappa shape index (κ3) is 5.99. The van der Waals surface area contributed by atoms with E-state index >= 15 is 0 Å². The van der Waals surface area contributed by atoms with Crippen LogP contribution in [-0.4, -0.2) is 11.5 Å². The summed E-state index contributed by atoms with van der Waals surface area (Å²) in [6, 6.07) is 0. The van der Waals surface area contributed by atoms with E-state index in [0.29, 0.717) is 0 Å². The Balaban J connectivity index is 4.29. The van der Waals surface area contributed by atoms with E-state index in [-0.39, 0.29) is 0 Å². The topological polar surface area (TPSA) is 0 Å². The van der Waals surface area contributed by atoms with Crippen LogP contribution in [-0.2, 0) is 0 Å². The Morgan fingerprint density at radius 2 is 1.44 bits per heavy atom. The molecule has 0 amide bonds. The molecule has 0 saturated carbocycles. The molecule has 0 aromatic carbocycles. The fraction of sp³-hybridized carbons (Fsp3) is 1.00. The molecule has 0 aromatic rings. The number of hydrogen-bond donors (Lipinski definition) is 0. The molecule has 0 heterocycles. The van der Waals surface area contributed by atoms with Gasteiger partial charge in [0.05, 0.1) is 0 Å². The van der Waals surface area contributed by atoms with Gasteiger partial charge >= 0.3 is 0 Å². The molecule has 0 fully saturated rings. The van der Waals surface area contributed by atoms with Gasteiger partial charge in [-0.3, -0.25) is 0 Å². The quantitative estimate of drug-likeness (QED) is 0.453. The summed E-state index contributed by atoms with van der Waals surface area (Å²) in [7, 11) is 0. The molecule has 0 bridgehead atoms. The van der Waals surface area contributed by atoms with Crippen molar-refractivity contribution in [2.45, 2.75) is 78.9 Å². The number of thioether (sulfide) groups is 1. The van der Waals surface area contributed by atoms with Crippen LogP contribution in [0.4, 0.5) is 0 Å². The third-order valence-corrected chi connectivity index (χ3v) is 6.19. The van der Waals surface area contributed by atoms with Gasteiger partial charge in [-0.15, -0.1) is 0 Å². The Labute approximate surface area is 121 Å². The molecule has 0 rings (SSSR count). The average molecular weight is 273 g/mol. The van der Waals surface area contributed by atoms with E-state index in [9.17, 15) is 0 Å². The first-order valence-corrected chi connectivity index (χ1v) is 9.33. The maximum atomic E-state index is 2.45. The highest BCUT2D eigenvalue weighted by Crippen LogP contribution is 2.33. The molecule has 0 N–H and O–H groups in total. The molecule has 0 aliphatic carbocycles. The molecule has 110 valence electrons. The normalized spacial score (nSPS) is 18.7. The summed E-state index contributed by atoms with van der Waals surface area (Å²) in [6.07, 6.45) is 9.15. The molecule has 18 heavy (non-hydrogen) atoms. The van der Waals surface area contributed by atoms with Crippen LogP contribution in [0.15, 0.2) is 0 Å². The van der Waals surface area contributed by atoms with Crippen LogP contribution in [0.25, 0.3) is 0 Å². The maximum absolute atomic E-state index is 2.45. The lowest BCUT2D eigenvalue weighted by molar-refractivity contribution is 0.213. The van der Waals surface area contributed by atoms with Crippen molar-refractivity contribution in [3.8, 4) is 0 Å². The van der Waals surface area contributed by atoms with Crippen molar-refractivity contribution in [3.63, 3.8) is 0 Å². The summed E-state index contributed by atoms with van der Waals surface area (Å²) in [6.45, 7) is 14.3. The molecule has 4 unspecified atom stereocenters. The van der Waals surface area contributed by atoms with Gasteiger partial charge in [-0.05, 0) is 49.2 Å². The van der Waals surface area contributed by atoms with E-state index in [1.54, 1.807) is 0 Å². The van der Waals surface area contributed by atoms with E-state index < -0.39 is 0 Å². The molecule has 0 aliphatic rings. The second-order valence-electron chi connectivity index (χ2n) is 6.22. The van der Waals surface area contributed by atoms with Gasteiger partial charge < -0.3 is 0 Å². The number of rotatable bonds is 10. The van der Waals surface area contributed by atoms with Crippen molar-refractivity contribution in [1.82, 2.24) is 0 Å². The lowest BCUT2D eigenvalue weighted by Gasteiger charge is -2.30. The smallest absolute Gasteiger partial charge is 0.00672 e. The van der Waals surface area contributed by atoms with Crippen molar-refractivity contribution in [2.24, 2.45) is 23.7 Å². The van der Waals surface area contributed by atoms with Crippen molar-refractivity contribution >= 4 is 11.8 Å². The molecule has 0 saturated heterocycles. The average Bonchev–Trinajstić information content (AvgIpc) is 2.35. The van der Waals surface area contributed by atoms with Crippen molar-refractivity contribution in [2.75, 3.05) is 6.26 Å². The standard InChI is InChI=1S/C17H36S/c1-8-15(16(9-2)13(4)5)12-11-14(6)17(10-3)18-7/h13-17H,8-12H2,1-7H3. The molecule has 1 heteroatoms. The highest BCUT2D eigenvalue weighted by atomic mass is 32.2. The van der Waals surface area contributed by atoms with Crippen molar-refractivity contribution in [3.05, 3.63) is 0 Å². The minimum Gasteiger partial charge on any atom is -0.162 e. The van der Waals surface area contributed by atoms with Crippen LogP contribution in [0.5, 0.6) is 0 Å². The van der Waals surface area contributed by atoms with Crippen LogP contribution in [0.1, 0.15) is 73.6 Å². The van der Waals surface area contributed by atoms with Crippen LogP contribution in [0, 0.1) is 23.7 Å². The predicted octanol–water partition coefficient (Wildman–Crippen LogP) is 6.25. The van der Waals surface area contributed by atoms with Gasteiger partial charge in [0, 0.05) is 5.25 Å². The number of hydrogen-bond acceptors (Lipinski definition) is 1. The van der Waals surface area contributed by atoms with Crippen molar-refractivity contribution < 1.29 is 0 Å². The first-order valence-electron chi connectivity index (χ1n) is 8.04. The Morgan fingerprint density at radius 1 is 0.833 bits per heavy atom. The fourth-order valence-corrected chi connectivity index (χ4v) is 4.47. The zero-order valence-electron chi connectivity index (χ0n) is 13.8. The lowest BCUT2D eigenvalue weighted by Crippen LogP contribution is -2.21. The molecule has 0 aromatic heterocycles. The van der Waals surface area contributed by atoms with Crippen LogP contribution < -0.4 is 0 Å². The van der Waals surface area contributed by atoms with E-state index in [1.807, 2.05) is 0 Å². The zero-order chi connectivity index (χ0) is 14.1. The first-order chi connectivity index (χ1) is 8.51. The highest BCUT2D eigenvalue weighted by molar-refractivity contribution is 7.99. The van der Waals surface area contributed by atoms with E-state index in [1.165, 1.54) is 32.1 Å². The van der Waals surface area contributed by atoms with Gasteiger partial charge in [-0.25, -0.2) is 0 Å². The summed E-state index contributed by atoms with van der Waals surface area (Å²) in [5, 5.41) is 0.863. The van der Waals surface area contributed by atoms with Gasteiger partial charge in [-0.1, -0.05) is 54.4 Å². The first kappa shape index (κ1) is 18.4.